The number of aromatic nitrogens is 4. The Morgan fingerprint density at radius 1 is 1.32 bits per heavy atom. The summed E-state index contributed by atoms with van der Waals surface area (Å²) in [7, 11) is 3.28. The van der Waals surface area contributed by atoms with Gasteiger partial charge in [-0.05, 0) is 18.2 Å². The second kappa shape index (κ2) is 5.06. The molecule has 1 amide bonds. The summed E-state index contributed by atoms with van der Waals surface area (Å²) in [6.07, 6.45) is 3.03. The number of benzene rings is 1. The summed E-state index contributed by atoms with van der Waals surface area (Å²) in [5, 5.41) is 10.5. The molecular weight excluding hydrogens is 289 g/mol. The van der Waals surface area contributed by atoms with Crippen LogP contribution in [0.5, 0.6) is 0 Å². The highest BCUT2D eigenvalue weighted by atomic mass is 19.1. The maximum atomic E-state index is 13.4. The largest absolute Gasteiger partial charge is 0.318 e. The Bertz CT molecular complexity index is 944. The van der Waals surface area contributed by atoms with Gasteiger partial charge in [0.15, 0.2) is 5.69 Å². The van der Waals surface area contributed by atoms with Gasteiger partial charge >= 0.3 is 0 Å². The van der Waals surface area contributed by atoms with Crippen LogP contribution in [0, 0.1) is 5.82 Å². The average molecular weight is 301 g/mol. The molecule has 0 bridgehead atoms. The van der Waals surface area contributed by atoms with Crippen molar-refractivity contribution in [2.75, 3.05) is 5.32 Å². The SMILES string of the molecule is Cn1cc(NC(=O)c2nn(C)c3ccc(F)cc3c2=O)cn1. The van der Waals surface area contributed by atoms with Crippen molar-refractivity contribution in [1.29, 1.82) is 0 Å². The van der Waals surface area contributed by atoms with E-state index in [0.29, 0.717) is 11.2 Å². The van der Waals surface area contributed by atoms with Gasteiger partial charge < -0.3 is 5.32 Å². The molecule has 0 aliphatic carbocycles. The predicted molar refractivity (Wildman–Crippen MR) is 78.1 cm³/mol. The van der Waals surface area contributed by atoms with E-state index in [0.717, 1.165) is 6.07 Å². The zero-order valence-corrected chi connectivity index (χ0v) is 11.9. The number of hydrogen-bond donors (Lipinski definition) is 1. The third-order valence-electron chi connectivity index (χ3n) is 3.19. The summed E-state index contributed by atoms with van der Waals surface area (Å²) >= 11 is 0. The fraction of sp³-hybridized carbons (Fsp3) is 0.143. The van der Waals surface area contributed by atoms with E-state index in [2.05, 4.69) is 15.5 Å². The molecule has 2 heterocycles. The Morgan fingerprint density at radius 3 is 2.77 bits per heavy atom. The van der Waals surface area contributed by atoms with Crippen LogP contribution in [0.2, 0.25) is 0 Å². The van der Waals surface area contributed by atoms with Gasteiger partial charge in [-0.2, -0.15) is 10.2 Å². The van der Waals surface area contributed by atoms with E-state index in [-0.39, 0.29) is 11.1 Å². The van der Waals surface area contributed by atoms with Crippen molar-refractivity contribution in [3.8, 4) is 0 Å². The predicted octanol–water partition coefficient (Wildman–Crippen LogP) is 1.06. The van der Waals surface area contributed by atoms with Gasteiger partial charge in [0.1, 0.15) is 5.82 Å². The molecule has 1 N–H and O–H groups in total. The first kappa shape index (κ1) is 13.9. The van der Waals surface area contributed by atoms with Crippen LogP contribution in [0.25, 0.3) is 10.9 Å². The molecule has 3 aromatic rings. The normalized spacial score (nSPS) is 10.9. The third-order valence-corrected chi connectivity index (χ3v) is 3.19. The van der Waals surface area contributed by atoms with Crippen LogP contribution in [-0.2, 0) is 14.1 Å². The van der Waals surface area contributed by atoms with Crippen molar-refractivity contribution in [3.63, 3.8) is 0 Å². The van der Waals surface area contributed by atoms with Crippen molar-refractivity contribution < 1.29 is 9.18 Å². The number of hydrogen-bond acceptors (Lipinski definition) is 4. The first-order valence-electron chi connectivity index (χ1n) is 6.42. The molecule has 2 aromatic heterocycles. The molecule has 0 saturated carbocycles. The number of carbonyl (C=O) groups is 1. The summed E-state index contributed by atoms with van der Waals surface area (Å²) in [6.45, 7) is 0. The zero-order valence-electron chi connectivity index (χ0n) is 11.9. The zero-order chi connectivity index (χ0) is 15.9. The lowest BCUT2D eigenvalue weighted by molar-refractivity contribution is 0.101. The maximum absolute atomic E-state index is 13.4. The molecule has 1 aromatic carbocycles. The summed E-state index contributed by atoms with van der Waals surface area (Å²) in [5.74, 6) is -1.21. The fourth-order valence-corrected chi connectivity index (χ4v) is 2.17. The highest BCUT2D eigenvalue weighted by Crippen LogP contribution is 2.12. The van der Waals surface area contributed by atoms with Gasteiger partial charge in [-0.25, -0.2) is 4.39 Å². The van der Waals surface area contributed by atoms with E-state index < -0.39 is 17.2 Å². The molecule has 0 aliphatic rings. The Morgan fingerprint density at radius 2 is 2.09 bits per heavy atom. The van der Waals surface area contributed by atoms with E-state index in [1.807, 2.05) is 0 Å². The quantitative estimate of drug-likeness (QED) is 0.767. The maximum Gasteiger partial charge on any atom is 0.280 e. The lowest BCUT2D eigenvalue weighted by Crippen LogP contribution is -2.26. The summed E-state index contributed by atoms with van der Waals surface area (Å²) < 4.78 is 16.2. The van der Waals surface area contributed by atoms with Crippen molar-refractivity contribution in [2.24, 2.45) is 14.1 Å². The second-order valence-corrected chi connectivity index (χ2v) is 4.82. The van der Waals surface area contributed by atoms with Crippen LogP contribution >= 0.6 is 0 Å². The minimum atomic E-state index is -0.667. The molecule has 0 spiro atoms. The molecular formula is C14H12FN5O2. The number of amides is 1. The molecule has 8 heteroatoms. The Hall–Kier alpha value is -3.03. The van der Waals surface area contributed by atoms with Gasteiger partial charge in [0, 0.05) is 20.3 Å². The summed E-state index contributed by atoms with van der Waals surface area (Å²) in [4.78, 5) is 24.6. The number of carbonyl (C=O) groups excluding carboxylic acids is 1. The highest BCUT2D eigenvalue weighted by Gasteiger charge is 2.17. The Labute approximate surface area is 124 Å². The number of anilines is 1. The molecule has 0 radical (unpaired) electrons. The lowest BCUT2D eigenvalue weighted by atomic mass is 10.2. The topological polar surface area (TPSA) is 81.8 Å². The number of nitrogens with zero attached hydrogens (tertiary/aromatic N) is 4. The molecule has 22 heavy (non-hydrogen) atoms. The molecule has 0 unspecified atom stereocenters. The standard InChI is InChI=1S/C14H12FN5O2/c1-19-7-9(6-16-19)17-14(22)12-13(21)10-5-8(15)3-4-11(10)20(2)18-12/h3-7H,1-2H3,(H,17,22). The van der Waals surface area contributed by atoms with E-state index >= 15 is 0 Å². The summed E-state index contributed by atoms with van der Waals surface area (Å²) in [6, 6.07) is 3.78. The van der Waals surface area contributed by atoms with E-state index in [4.69, 9.17) is 0 Å². The molecule has 0 aliphatic heterocycles. The molecule has 0 atom stereocenters. The van der Waals surface area contributed by atoms with Crippen molar-refractivity contribution in [3.05, 3.63) is 52.3 Å². The van der Waals surface area contributed by atoms with Crippen LogP contribution in [0.1, 0.15) is 10.5 Å². The van der Waals surface area contributed by atoms with Crippen LogP contribution in [-0.4, -0.2) is 25.5 Å². The molecule has 7 nitrogen and oxygen atoms in total. The van der Waals surface area contributed by atoms with Crippen LogP contribution < -0.4 is 10.7 Å². The average Bonchev–Trinajstić information content (AvgIpc) is 2.87. The van der Waals surface area contributed by atoms with Gasteiger partial charge in [0.2, 0.25) is 5.43 Å². The van der Waals surface area contributed by atoms with Gasteiger partial charge in [0.25, 0.3) is 5.91 Å². The number of fused-ring (bicyclic) bond motifs is 1. The lowest BCUT2D eigenvalue weighted by Gasteiger charge is -2.07. The van der Waals surface area contributed by atoms with Crippen LogP contribution in [0.3, 0.4) is 0 Å². The number of rotatable bonds is 2. The number of halogens is 1. The van der Waals surface area contributed by atoms with Gasteiger partial charge in [-0.15, -0.1) is 0 Å². The molecule has 3 rings (SSSR count). The second-order valence-electron chi connectivity index (χ2n) is 4.82. The van der Waals surface area contributed by atoms with Crippen LogP contribution in [0.15, 0.2) is 35.4 Å². The van der Waals surface area contributed by atoms with Gasteiger partial charge in [-0.1, -0.05) is 0 Å². The van der Waals surface area contributed by atoms with E-state index in [1.165, 1.54) is 27.7 Å². The Kier molecular flexibility index (Phi) is 3.21. The monoisotopic (exact) mass is 301 g/mol. The van der Waals surface area contributed by atoms with Crippen molar-refractivity contribution in [2.45, 2.75) is 0 Å². The highest BCUT2D eigenvalue weighted by molar-refractivity contribution is 6.04. The number of nitrogens with one attached hydrogen (secondary N) is 1. The minimum absolute atomic E-state index is 0.105. The first-order chi connectivity index (χ1) is 10.5. The number of aryl methyl sites for hydroxylation is 2. The summed E-state index contributed by atoms with van der Waals surface area (Å²) in [5.41, 5.74) is -0.0292. The van der Waals surface area contributed by atoms with E-state index in [9.17, 15) is 14.0 Å². The minimum Gasteiger partial charge on any atom is -0.318 e. The smallest absolute Gasteiger partial charge is 0.280 e. The third kappa shape index (κ3) is 2.34. The van der Waals surface area contributed by atoms with E-state index in [1.54, 1.807) is 20.3 Å². The van der Waals surface area contributed by atoms with Crippen molar-refractivity contribution >= 4 is 22.5 Å². The van der Waals surface area contributed by atoms with Gasteiger partial charge in [0.05, 0.1) is 22.8 Å². The molecule has 0 saturated heterocycles. The first-order valence-corrected chi connectivity index (χ1v) is 6.42. The van der Waals surface area contributed by atoms with Gasteiger partial charge in [-0.3, -0.25) is 19.0 Å². The molecule has 0 fully saturated rings. The van der Waals surface area contributed by atoms with Crippen LogP contribution in [0.4, 0.5) is 10.1 Å². The Balaban J connectivity index is 2.09. The fourth-order valence-electron chi connectivity index (χ4n) is 2.17. The molecule has 112 valence electrons. The van der Waals surface area contributed by atoms with Crippen molar-refractivity contribution in [1.82, 2.24) is 19.6 Å².